The Morgan fingerprint density at radius 2 is 1.81 bits per heavy atom. The van der Waals surface area contributed by atoms with Crippen molar-refractivity contribution in [2.24, 2.45) is 0 Å². The number of nitrogens with zero attached hydrogens (tertiary/aromatic N) is 2. The van der Waals surface area contributed by atoms with Crippen LogP contribution in [-0.4, -0.2) is 33.8 Å². The molecule has 6 nitrogen and oxygen atoms in total. The second-order valence-electron chi connectivity index (χ2n) is 8.00. The third-order valence-electron chi connectivity index (χ3n) is 5.30. The van der Waals surface area contributed by atoms with Crippen LogP contribution in [0.25, 0.3) is 0 Å². The minimum absolute atomic E-state index is 0.181. The minimum Gasteiger partial charge on any atom is -0.446 e. The van der Waals surface area contributed by atoms with E-state index in [2.05, 4.69) is 17.2 Å². The maximum absolute atomic E-state index is 12.6. The van der Waals surface area contributed by atoms with Crippen molar-refractivity contribution in [2.75, 3.05) is 0 Å². The molecule has 0 spiro atoms. The third-order valence-corrected chi connectivity index (χ3v) is 5.30. The van der Waals surface area contributed by atoms with Gasteiger partial charge in [-0.05, 0) is 32.1 Å². The number of carbonyl (C=O) groups excluding carboxylic acids is 2. The lowest BCUT2D eigenvalue weighted by atomic mass is 10.1. The lowest BCUT2D eigenvalue weighted by molar-refractivity contribution is -0.132. The Morgan fingerprint density at radius 3 is 2.48 bits per heavy atom. The van der Waals surface area contributed by atoms with E-state index in [1.807, 2.05) is 4.90 Å². The van der Waals surface area contributed by atoms with Crippen molar-refractivity contribution in [2.45, 2.75) is 103 Å². The molecule has 2 amide bonds. The average molecular weight is 376 g/mol. The van der Waals surface area contributed by atoms with Crippen LogP contribution in [0.3, 0.4) is 0 Å². The first-order valence-corrected chi connectivity index (χ1v) is 10.7. The molecule has 6 heteroatoms. The largest absolute Gasteiger partial charge is 0.446 e. The highest BCUT2D eigenvalue weighted by Gasteiger charge is 2.33. The summed E-state index contributed by atoms with van der Waals surface area (Å²) in [5.41, 5.74) is 0.312. The number of amides is 2. The van der Waals surface area contributed by atoms with Crippen LogP contribution < -0.4 is 5.32 Å². The molecule has 1 aromatic heterocycles. The van der Waals surface area contributed by atoms with E-state index >= 15 is 0 Å². The van der Waals surface area contributed by atoms with E-state index in [9.17, 15) is 9.59 Å². The van der Waals surface area contributed by atoms with Crippen molar-refractivity contribution >= 4 is 11.8 Å². The first kappa shape index (κ1) is 19.9. The Balaban J connectivity index is 1.41. The van der Waals surface area contributed by atoms with Crippen LogP contribution in [-0.2, 0) is 11.3 Å². The Kier molecular flexibility index (Phi) is 7.30. The molecule has 0 aromatic carbocycles. The second-order valence-corrected chi connectivity index (χ2v) is 8.00. The summed E-state index contributed by atoms with van der Waals surface area (Å²) in [7, 11) is 0. The average Bonchev–Trinajstić information content (AvgIpc) is 3.59. The Morgan fingerprint density at radius 1 is 1.11 bits per heavy atom. The molecule has 1 heterocycles. The Labute approximate surface area is 162 Å². The van der Waals surface area contributed by atoms with Gasteiger partial charge < -0.3 is 14.6 Å². The van der Waals surface area contributed by atoms with Gasteiger partial charge in [0.1, 0.15) is 6.26 Å². The van der Waals surface area contributed by atoms with Crippen LogP contribution in [0.15, 0.2) is 10.7 Å². The fourth-order valence-corrected chi connectivity index (χ4v) is 3.30. The number of aromatic nitrogens is 1. The highest BCUT2D eigenvalue weighted by Crippen LogP contribution is 2.29. The van der Waals surface area contributed by atoms with Gasteiger partial charge in [0.25, 0.3) is 5.91 Å². The molecular weight excluding hydrogens is 342 g/mol. The number of hydrogen-bond acceptors (Lipinski definition) is 4. The molecule has 2 fully saturated rings. The molecule has 2 saturated carbocycles. The first-order chi connectivity index (χ1) is 13.2. The number of nitrogens with one attached hydrogen (secondary N) is 1. The summed E-state index contributed by atoms with van der Waals surface area (Å²) in [6, 6.07) is 0.613. The molecule has 0 unspecified atom stereocenters. The quantitative estimate of drug-likeness (QED) is 0.524. The lowest BCUT2D eigenvalue weighted by Crippen LogP contribution is -2.32. The smallest absolute Gasteiger partial charge is 0.273 e. The molecule has 0 radical (unpaired) electrons. The van der Waals surface area contributed by atoms with Crippen molar-refractivity contribution in [1.29, 1.82) is 0 Å². The van der Waals surface area contributed by atoms with E-state index in [0.29, 0.717) is 36.6 Å². The van der Waals surface area contributed by atoms with Crippen molar-refractivity contribution in [1.82, 2.24) is 15.2 Å². The normalized spacial score (nSPS) is 16.3. The highest BCUT2D eigenvalue weighted by atomic mass is 16.3. The van der Waals surface area contributed by atoms with Gasteiger partial charge >= 0.3 is 0 Å². The highest BCUT2D eigenvalue weighted by molar-refractivity contribution is 5.92. The molecule has 150 valence electrons. The third kappa shape index (κ3) is 6.67. The molecule has 0 atom stereocenters. The monoisotopic (exact) mass is 375 g/mol. The molecule has 2 aliphatic rings. The van der Waals surface area contributed by atoms with E-state index in [-0.39, 0.29) is 11.8 Å². The summed E-state index contributed by atoms with van der Waals surface area (Å²) in [6.07, 6.45) is 14.6. The van der Waals surface area contributed by atoms with Crippen LogP contribution >= 0.6 is 0 Å². The molecule has 3 rings (SSSR count). The summed E-state index contributed by atoms with van der Waals surface area (Å²) in [5.74, 6) is 0.462. The molecule has 0 bridgehead atoms. The zero-order chi connectivity index (χ0) is 19.1. The fourth-order valence-electron chi connectivity index (χ4n) is 3.30. The van der Waals surface area contributed by atoms with Crippen LogP contribution in [0.5, 0.6) is 0 Å². The molecule has 2 aliphatic carbocycles. The maximum atomic E-state index is 12.6. The van der Waals surface area contributed by atoms with E-state index < -0.39 is 0 Å². The zero-order valence-corrected chi connectivity index (χ0v) is 16.5. The Bertz CT molecular complexity index is 620. The first-order valence-electron chi connectivity index (χ1n) is 10.7. The summed E-state index contributed by atoms with van der Waals surface area (Å²) in [6.45, 7) is 2.60. The van der Waals surface area contributed by atoms with Gasteiger partial charge in [-0.25, -0.2) is 4.98 Å². The van der Waals surface area contributed by atoms with E-state index in [0.717, 1.165) is 38.5 Å². The Hall–Kier alpha value is -1.85. The van der Waals surface area contributed by atoms with Crippen molar-refractivity contribution in [3.05, 3.63) is 17.8 Å². The topological polar surface area (TPSA) is 75.4 Å². The van der Waals surface area contributed by atoms with Gasteiger partial charge in [-0.15, -0.1) is 0 Å². The van der Waals surface area contributed by atoms with E-state index in [1.54, 1.807) is 0 Å². The van der Waals surface area contributed by atoms with Gasteiger partial charge in [0.2, 0.25) is 11.8 Å². The van der Waals surface area contributed by atoms with E-state index in [4.69, 9.17) is 4.42 Å². The minimum atomic E-state index is -0.181. The number of unbranched alkanes of at least 4 members (excludes halogenated alkanes) is 6. The molecule has 1 N–H and O–H groups in total. The fraction of sp³-hybridized carbons (Fsp3) is 0.762. The summed E-state index contributed by atoms with van der Waals surface area (Å²) in [4.78, 5) is 30.8. The molecule has 1 aromatic rings. The predicted octanol–water partition coefficient (Wildman–Crippen LogP) is 4.20. The predicted molar refractivity (Wildman–Crippen MR) is 103 cm³/mol. The lowest BCUT2D eigenvalue weighted by Gasteiger charge is -2.20. The van der Waals surface area contributed by atoms with E-state index in [1.165, 1.54) is 38.4 Å². The molecular formula is C21H33N3O3. The summed E-state index contributed by atoms with van der Waals surface area (Å²) in [5, 5.41) is 2.91. The zero-order valence-electron chi connectivity index (χ0n) is 16.5. The van der Waals surface area contributed by atoms with Gasteiger partial charge in [0.05, 0.1) is 6.54 Å². The van der Waals surface area contributed by atoms with Crippen LogP contribution in [0.4, 0.5) is 0 Å². The van der Waals surface area contributed by atoms with Crippen molar-refractivity contribution < 1.29 is 14.0 Å². The van der Waals surface area contributed by atoms with Crippen LogP contribution in [0.2, 0.25) is 0 Å². The number of oxazole rings is 1. The van der Waals surface area contributed by atoms with Gasteiger partial charge in [-0.2, -0.15) is 0 Å². The summed E-state index contributed by atoms with van der Waals surface area (Å²) < 4.78 is 5.46. The van der Waals surface area contributed by atoms with Crippen LogP contribution in [0.1, 0.15) is 100 Å². The molecule has 0 saturated heterocycles. The van der Waals surface area contributed by atoms with Gasteiger partial charge in [0.15, 0.2) is 5.69 Å². The van der Waals surface area contributed by atoms with Crippen molar-refractivity contribution in [3.63, 3.8) is 0 Å². The standard InChI is InChI=1S/C21H33N3O3/c1-2-3-4-5-6-7-8-9-20(25)24(17-12-13-17)14-19-23-18(15-27-19)21(26)22-16-10-11-16/h15-17H,2-14H2,1H3,(H,22,26). The summed E-state index contributed by atoms with van der Waals surface area (Å²) >= 11 is 0. The second kappa shape index (κ2) is 9.90. The number of rotatable bonds is 13. The number of carbonyl (C=O) groups is 2. The van der Waals surface area contributed by atoms with Crippen LogP contribution in [0, 0.1) is 0 Å². The van der Waals surface area contributed by atoms with Crippen molar-refractivity contribution in [3.8, 4) is 0 Å². The maximum Gasteiger partial charge on any atom is 0.273 e. The molecule has 27 heavy (non-hydrogen) atoms. The van der Waals surface area contributed by atoms with Gasteiger partial charge in [0, 0.05) is 18.5 Å². The van der Waals surface area contributed by atoms with Gasteiger partial charge in [-0.3, -0.25) is 9.59 Å². The van der Waals surface area contributed by atoms with Gasteiger partial charge in [-0.1, -0.05) is 45.4 Å². The number of hydrogen-bond donors (Lipinski definition) is 1. The molecule has 0 aliphatic heterocycles. The SMILES string of the molecule is CCCCCCCCCC(=O)N(Cc1nc(C(=O)NC2CC2)co1)C1CC1.